The van der Waals surface area contributed by atoms with Gasteiger partial charge >= 0.3 is 0 Å². The lowest BCUT2D eigenvalue weighted by Crippen LogP contribution is -2.27. The van der Waals surface area contributed by atoms with Crippen molar-refractivity contribution in [1.29, 1.82) is 0 Å². The Balaban J connectivity index is 2.27. The van der Waals surface area contributed by atoms with Crippen molar-refractivity contribution in [2.75, 3.05) is 10.6 Å². The van der Waals surface area contributed by atoms with Crippen molar-refractivity contribution in [2.24, 2.45) is 0 Å². The van der Waals surface area contributed by atoms with Crippen LogP contribution >= 0.6 is 11.3 Å². The van der Waals surface area contributed by atoms with Crippen molar-refractivity contribution in [2.45, 2.75) is 40.7 Å². The van der Waals surface area contributed by atoms with E-state index >= 15 is 0 Å². The lowest BCUT2D eigenvalue weighted by atomic mass is 10.1. The Hall–Kier alpha value is -2.74. The van der Waals surface area contributed by atoms with Gasteiger partial charge in [-0.2, -0.15) is 0 Å². The van der Waals surface area contributed by atoms with Crippen LogP contribution in [0.1, 0.15) is 52.7 Å². The maximum atomic E-state index is 12.7. The summed E-state index contributed by atoms with van der Waals surface area (Å²) in [5, 5.41) is 9.14. The fraction of sp³-hybridized carbons (Fsp3) is 0.333. The summed E-state index contributed by atoms with van der Waals surface area (Å²) in [7, 11) is 0. The van der Waals surface area contributed by atoms with Gasteiger partial charge in [-0.15, -0.1) is 11.3 Å². The molecule has 3 N–H and O–H groups in total. The highest BCUT2D eigenvalue weighted by molar-refractivity contribution is 7.11. The minimum absolute atomic E-state index is 0.206. The van der Waals surface area contributed by atoms with Crippen LogP contribution in [-0.4, -0.2) is 22.7 Å². The Morgan fingerprint density at radius 2 is 1.54 bits per heavy atom. The zero-order valence-corrected chi connectivity index (χ0v) is 16.2. The third-order valence-corrected chi connectivity index (χ3v) is 4.77. The number of nitrogens with one attached hydrogen (secondary N) is 3. The number of amides is 3. The predicted molar refractivity (Wildman–Crippen MR) is 103 cm³/mol. The molecule has 2 rings (SSSR count). The van der Waals surface area contributed by atoms with Crippen molar-refractivity contribution in [3.05, 3.63) is 39.3 Å². The maximum Gasteiger partial charge on any atom is 0.251 e. The Kier molecular flexibility index (Phi) is 6.10. The van der Waals surface area contributed by atoms with E-state index in [1.807, 2.05) is 20.8 Å². The third-order valence-electron chi connectivity index (χ3n) is 3.52. The first-order valence-corrected chi connectivity index (χ1v) is 8.92. The minimum Gasteiger partial charge on any atom is -0.345 e. The molecule has 0 bridgehead atoms. The summed E-state index contributed by atoms with van der Waals surface area (Å²) in [6.07, 6.45) is 0. The molecule has 8 heteroatoms. The standard InChI is InChI=1S/C18H22N4O3S/c1-9-17(26-13(5)19-9)10(2)20-18(25)14-6-15(21-11(3)23)8-16(7-14)22-12(4)24/h6-8,10H,1-5H3,(H,20,25)(H,21,23)(H,22,24)/t10-/m1/s1. The van der Waals surface area contributed by atoms with E-state index in [0.29, 0.717) is 16.9 Å². The van der Waals surface area contributed by atoms with Crippen LogP contribution in [0.5, 0.6) is 0 Å². The van der Waals surface area contributed by atoms with Crippen molar-refractivity contribution < 1.29 is 14.4 Å². The lowest BCUT2D eigenvalue weighted by Gasteiger charge is -2.15. The molecule has 2 aromatic rings. The fourth-order valence-corrected chi connectivity index (χ4v) is 3.53. The van der Waals surface area contributed by atoms with Crippen LogP contribution in [0.4, 0.5) is 11.4 Å². The molecular formula is C18H22N4O3S. The quantitative estimate of drug-likeness (QED) is 0.748. The molecule has 0 aliphatic carbocycles. The number of rotatable bonds is 5. The molecule has 0 aliphatic heterocycles. The summed E-state index contributed by atoms with van der Waals surface area (Å²) in [5.41, 5.74) is 2.11. The highest BCUT2D eigenvalue weighted by Gasteiger charge is 2.17. The van der Waals surface area contributed by atoms with Crippen LogP contribution in [0.15, 0.2) is 18.2 Å². The van der Waals surface area contributed by atoms with Gasteiger partial charge < -0.3 is 16.0 Å². The van der Waals surface area contributed by atoms with Gasteiger partial charge in [0, 0.05) is 35.7 Å². The molecule has 0 unspecified atom stereocenters. The molecule has 0 spiro atoms. The van der Waals surface area contributed by atoms with Gasteiger partial charge in [-0.1, -0.05) is 0 Å². The summed E-state index contributed by atoms with van der Waals surface area (Å²) in [4.78, 5) is 40.7. The minimum atomic E-state index is -0.304. The Bertz CT molecular complexity index is 826. The molecule has 0 fully saturated rings. The second-order valence-electron chi connectivity index (χ2n) is 6.04. The second-order valence-corrected chi connectivity index (χ2v) is 7.27. The average Bonchev–Trinajstić information content (AvgIpc) is 2.84. The number of aromatic nitrogens is 1. The molecule has 3 amide bonds. The smallest absolute Gasteiger partial charge is 0.251 e. The molecule has 7 nitrogen and oxygen atoms in total. The van der Waals surface area contributed by atoms with Crippen molar-refractivity contribution >= 4 is 40.4 Å². The number of carbonyl (C=O) groups excluding carboxylic acids is 3. The predicted octanol–water partition coefficient (Wildman–Crippen LogP) is 3.17. The number of aryl methyl sites for hydroxylation is 2. The molecule has 0 saturated heterocycles. The Morgan fingerprint density at radius 1 is 1.00 bits per heavy atom. The van der Waals surface area contributed by atoms with Gasteiger partial charge in [-0.05, 0) is 39.0 Å². The molecule has 1 atom stereocenters. The number of anilines is 2. The van der Waals surface area contributed by atoms with Crippen molar-refractivity contribution in [3.63, 3.8) is 0 Å². The van der Waals surface area contributed by atoms with E-state index in [4.69, 9.17) is 0 Å². The number of benzene rings is 1. The summed E-state index contributed by atoms with van der Waals surface area (Å²) in [6.45, 7) is 8.48. The number of nitrogens with zero attached hydrogens (tertiary/aromatic N) is 1. The lowest BCUT2D eigenvalue weighted by molar-refractivity contribution is -0.115. The largest absolute Gasteiger partial charge is 0.345 e. The highest BCUT2D eigenvalue weighted by Crippen LogP contribution is 2.25. The maximum absolute atomic E-state index is 12.7. The highest BCUT2D eigenvalue weighted by atomic mass is 32.1. The third kappa shape index (κ3) is 5.13. The van der Waals surface area contributed by atoms with E-state index in [1.54, 1.807) is 29.5 Å². The van der Waals surface area contributed by atoms with E-state index in [-0.39, 0.29) is 23.8 Å². The van der Waals surface area contributed by atoms with Gasteiger partial charge in [-0.3, -0.25) is 14.4 Å². The van der Waals surface area contributed by atoms with Crippen LogP contribution < -0.4 is 16.0 Å². The van der Waals surface area contributed by atoms with Crippen molar-refractivity contribution in [1.82, 2.24) is 10.3 Å². The number of hydrogen-bond acceptors (Lipinski definition) is 5. The molecule has 0 aliphatic rings. The molecule has 0 saturated carbocycles. The normalized spacial score (nSPS) is 11.6. The summed E-state index contributed by atoms with van der Waals surface area (Å²) >= 11 is 1.54. The van der Waals surface area contributed by atoms with Gasteiger partial charge in [0.1, 0.15) is 0 Å². The van der Waals surface area contributed by atoms with Gasteiger partial charge in [0.05, 0.1) is 16.7 Å². The van der Waals surface area contributed by atoms with Crippen LogP contribution in [-0.2, 0) is 9.59 Å². The number of hydrogen-bond donors (Lipinski definition) is 3. The molecule has 26 heavy (non-hydrogen) atoms. The van der Waals surface area contributed by atoms with Gasteiger partial charge in [0.15, 0.2) is 0 Å². The average molecular weight is 374 g/mol. The fourth-order valence-electron chi connectivity index (χ4n) is 2.60. The van der Waals surface area contributed by atoms with E-state index in [9.17, 15) is 14.4 Å². The van der Waals surface area contributed by atoms with E-state index in [0.717, 1.165) is 15.6 Å². The SMILES string of the molecule is CC(=O)Nc1cc(NC(C)=O)cc(C(=O)N[C@H](C)c2sc(C)nc2C)c1. The topological polar surface area (TPSA) is 100 Å². The summed E-state index contributed by atoms with van der Waals surface area (Å²) < 4.78 is 0. The molecular weight excluding hydrogens is 352 g/mol. The van der Waals surface area contributed by atoms with Gasteiger partial charge in [0.25, 0.3) is 5.91 Å². The first kappa shape index (κ1) is 19.6. The van der Waals surface area contributed by atoms with Gasteiger partial charge in [0.2, 0.25) is 11.8 Å². The molecule has 1 aromatic heterocycles. The molecule has 1 aromatic carbocycles. The molecule has 138 valence electrons. The molecule has 1 heterocycles. The first-order valence-electron chi connectivity index (χ1n) is 8.10. The van der Waals surface area contributed by atoms with Gasteiger partial charge in [-0.25, -0.2) is 4.98 Å². The molecule has 0 radical (unpaired) electrons. The first-order chi connectivity index (χ1) is 12.2. The summed E-state index contributed by atoms with van der Waals surface area (Å²) in [6, 6.07) is 4.53. The van der Waals surface area contributed by atoms with Crippen LogP contribution in [0, 0.1) is 13.8 Å². The van der Waals surface area contributed by atoms with Crippen LogP contribution in [0.3, 0.4) is 0 Å². The number of carbonyl (C=O) groups is 3. The zero-order valence-electron chi connectivity index (χ0n) is 15.4. The van der Waals surface area contributed by atoms with E-state index < -0.39 is 0 Å². The monoisotopic (exact) mass is 374 g/mol. The van der Waals surface area contributed by atoms with E-state index in [2.05, 4.69) is 20.9 Å². The Labute approximate surface area is 156 Å². The second kappa shape index (κ2) is 8.09. The zero-order chi connectivity index (χ0) is 19.4. The number of thiazole rings is 1. The van der Waals surface area contributed by atoms with E-state index in [1.165, 1.54) is 13.8 Å². The Morgan fingerprint density at radius 3 is 1.96 bits per heavy atom. The van der Waals surface area contributed by atoms with Crippen LogP contribution in [0.25, 0.3) is 0 Å². The summed E-state index contributed by atoms with van der Waals surface area (Å²) in [5.74, 6) is -0.831. The van der Waals surface area contributed by atoms with Crippen LogP contribution in [0.2, 0.25) is 0 Å². The van der Waals surface area contributed by atoms with Crippen molar-refractivity contribution in [3.8, 4) is 0 Å².